The lowest BCUT2D eigenvalue weighted by atomic mass is 9.93. The molecule has 1 aliphatic heterocycles. The highest BCUT2D eigenvalue weighted by Crippen LogP contribution is 2.26. The van der Waals surface area contributed by atoms with Crippen LogP contribution in [-0.4, -0.2) is 45.2 Å². The summed E-state index contributed by atoms with van der Waals surface area (Å²) >= 11 is 0. The first-order valence-electron chi connectivity index (χ1n) is 11.0. The van der Waals surface area contributed by atoms with E-state index in [4.69, 9.17) is 14.2 Å². The number of hydrogen-bond donors (Lipinski definition) is 1. The number of piperidine rings is 1. The Morgan fingerprint density at radius 3 is 2.66 bits per heavy atom. The first-order chi connectivity index (χ1) is 15.5. The fraction of sp³-hybridized carbons (Fsp3) is 0.480. The van der Waals surface area contributed by atoms with E-state index in [-0.39, 0.29) is 17.5 Å². The average molecular weight is 445 g/mol. The maximum atomic E-state index is 13.6. The van der Waals surface area contributed by atoms with Gasteiger partial charge >= 0.3 is 0 Å². The second-order valence-electron chi connectivity index (χ2n) is 8.21. The number of halogens is 1. The molecule has 1 unspecified atom stereocenters. The van der Waals surface area contributed by atoms with Gasteiger partial charge in [-0.05, 0) is 61.6 Å². The Morgan fingerprint density at radius 1 is 1.09 bits per heavy atom. The van der Waals surface area contributed by atoms with E-state index in [0.29, 0.717) is 24.6 Å². The quantitative estimate of drug-likeness (QED) is 0.596. The molecule has 1 atom stereocenters. The van der Waals surface area contributed by atoms with Crippen molar-refractivity contribution in [1.82, 2.24) is 10.2 Å². The fourth-order valence-electron chi connectivity index (χ4n) is 4.21. The number of nitrogens with one attached hydrogen (secondary N) is 1. The molecule has 1 heterocycles. The van der Waals surface area contributed by atoms with Crippen molar-refractivity contribution in [2.45, 2.75) is 38.8 Å². The molecule has 2 aromatic carbocycles. The van der Waals surface area contributed by atoms with Gasteiger partial charge in [0.05, 0.1) is 21.3 Å². The van der Waals surface area contributed by atoms with Crippen molar-refractivity contribution in [2.24, 2.45) is 5.92 Å². The fourth-order valence-corrected chi connectivity index (χ4v) is 4.21. The number of benzene rings is 2. The summed E-state index contributed by atoms with van der Waals surface area (Å²) in [5.41, 5.74) is 1.95. The highest BCUT2D eigenvalue weighted by Gasteiger charge is 2.21. The van der Waals surface area contributed by atoms with E-state index in [1.54, 1.807) is 20.3 Å². The molecule has 1 aliphatic rings. The van der Waals surface area contributed by atoms with Gasteiger partial charge in [-0.2, -0.15) is 0 Å². The number of likely N-dealkylation sites (tertiary alicyclic amines) is 1. The molecule has 32 heavy (non-hydrogen) atoms. The Labute approximate surface area is 189 Å². The molecule has 0 aromatic heterocycles. The van der Waals surface area contributed by atoms with Crippen molar-refractivity contribution in [1.29, 1.82) is 0 Å². The maximum absolute atomic E-state index is 13.6. The number of ether oxygens (including phenoxy) is 3. The second kappa shape index (κ2) is 11.7. The molecule has 0 saturated carbocycles. The minimum atomic E-state index is -0.342. The van der Waals surface area contributed by atoms with Gasteiger partial charge in [0.25, 0.3) is 0 Å². The third-order valence-electron chi connectivity index (χ3n) is 5.97. The van der Waals surface area contributed by atoms with Gasteiger partial charge in [0.15, 0.2) is 11.6 Å². The van der Waals surface area contributed by atoms with Crippen molar-refractivity contribution >= 4 is 5.91 Å². The van der Waals surface area contributed by atoms with Crippen molar-refractivity contribution in [3.63, 3.8) is 0 Å². The van der Waals surface area contributed by atoms with Crippen LogP contribution in [0, 0.1) is 11.7 Å². The lowest BCUT2D eigenvalue weighted by Crippen LogP contribution is -2.35. The zero-order valence-corrected chi connectivity index (χ0v) is 19.2. The monoisotopic (exact) mass is 444 g/mol. The SMILES string of the molecule is COc1ccc(CNC(=O)CCC2CCCN(Cc3ccc(F)c(OC)c3)C2)c(OC)c1. The first-order valence-corrected chi connectivity index (χ1v) is 11.0. The minimum Gasteiger partial charge on any atom is -0.497 e. The topological polar surface area (TPSA) is 60.0 Å². The number of rotatable bonds is 10. The summed E-state index contributed by atoms with van der Waals surface area (Å²) in [5.74, 6) is 1.88. The predicted octanol–water partition coefficient (Wildman–Crippen LogP) is 4.16. The zero-order chi connectivity index (χ0) is 22.9. The Hall–Kier alpha value is -2.80. The summed E-state index contributed by atoms with van der Waals surface area (Å²) in [6.07, 6.45) is 3.59. The third-order valence-corrected chi connectivity index (χ3v) is 5.97. The van der Waals surface area contributed by atoms with E-state index in [2.05, 4.69) is 10.2 Å². The van der Waals surface area contributed by atoms with Crippen molar-refractivity contribution in [2.75, 3.05) is 34.4 Å². The Kier molecular flexibility index (Phi) is 8.73. The smallest absolute Gasteiger partial charge is 0.220 e. The second-order valence-corrected chi connectivity index (χ2v) is 8.21. The van der Waals surface area contributed by atoms with Crippen LogP contribution in [0.1, 0.15) is 36.8 Å². The number of nitrogens with zero attached hydrogens (tertiary/aromatic N) is 1. The lowest BCUT2D eigenvalue weighted by molar-refractivity contribution is -0.121. The van der Waals surface area contributed by atoms with Crippen LogP contribution < -0.4 is 19.5 Å². The van der Waals surface area contributed by atoms with Crippen LogP contribution >= 0.6 is 0 Å². The summed E-state index contributed by atoms with van der Waals surface area (Å²) in [5, 5.41) is 3.00. The summed E-state index contributed by atoms with van der Waals surface area (Å²) in [4.78, 5) is 14.8. The molecule has 1 amide bonds. The van der Waals surface area contributed by atoms with Crippen LogP contribution in [0.5, 0.6) is 17.2 Å². The van der Waals surface area contributed by atoms with Crippen molar-refractivity contribution in [3.8, 4) is 17.2 Å². The molecule has 0 aliphatic carbocycles. The third kappa shape index (κ3) is 6.60. The predicted molar refractivity (Wildman–Crippen MR) is 122 cm³/mol. The van der Waals surface area contributed by atoms with Crippen molar-refractivity contribution < 1.29 is 23.4 Å². The maximum Gasteiger partial charge on any atom is 0.220 e. The lowest BCUT2D eigenvalue weighted by Gasteiger charge is -2.32. The summed E-state index contributed by atoms with van der Waals surface area (Å²) in [6, 6.07) is 10.6. The van der Waals surface area contributed by atoms with Gasteiger partial charge in [0, 0.05) is 37.7 Å². The molecule has 0 bridgehead atoms. The van der Waals surface area contributed by atoms with Crippen LogP contribution in [0.4, 0.5) is 4.39 Å². The molecule has 1 N–H and O–H groups in total. The van der Waals surface area contributed by atoms with Crippen LogP contribution in [0.15, 0.2) is 36.4 Å². The molecule has 2 aromatic rings. The number of amides is 1. The van der Waals surface area contributed by atoms with Crippen LogP contribution in [0.3, 0.4) is 0 Å². The molecule has 3 rings (SSSR count). The van der Waals surface area contributed by atoms with E-state index in [1.165, 1.54) is 13.2 Å². The van der Waals surface area contributed by atoms with Crippen molar-refractivity contribution in [3.05, 3.63) is 53.3 Å². The van der Waals surface area contributed by atoms with E-state index < -0.39 is 0 Å². The zero-order valence-electron chi connectivity index (χ0n) is 19.2. The Morgan fingerprint density at radius 2 is 1.91 bits per heavy atom. The van der Waals surface area contributed by atoms with E-state index in [1.807, 2.05) is 24.3 Å². The van der Waals surface area contributed by atoms with Gasteiger partial charge in [0.2, 0.25) is 5.91 Å². The van der Waals surface area contributed by atoms with E-state index in [9.17, 15) is 9.18 Å². The summed E-state index contributed by atoms with van der Waals surface area (Å²) < 4.78 is 29.3. The highest BCUT2D eigenvalue weighted by atomic mass is 19.1. The minimum absolute atomic E-state index is 0.0447. The molecule has 0 radical (unpaired) electrons. The molecule has 0 spiro atoms. The molecular formula is C25H33FN2O4. The van der Waals surface area contributed by atoms with Gasteiger partial charge in [-0.15, -0.1) is 0 Å². The molecule has 6 nitrogen and oxygen atoms in total. The Bertz CT molecular complexity index is 906. The standard InChI is InChI=1S/C25H33FN2O4/c1-30-21-9-8-20(23(14-21)31-2)15-27-25(29)11-7-18-5-4-12-28(16-18)17-19-6-10-22(26)24(13-19)32-3/h6,8-10,13-14,18H,4-5,7,11-12,15-17H2,1-3H3,(H,27,29). The largest absolute Gasteiger partial charge is 0.497 e. The number of hydrogen-bond acceptors (Lipinski definition) is 5. The molecule has 174 valence electrons. The average Bonchev–Trinajstić information content (AvgIpc) is 2.82. The normalized spacial score (nSPS) is 16.4. The van der Waals surface area contributed by atoms with E-state index >= 15 is 0 Å². The van der Waals surface area contributed by atoms with Gasteiger partial charge < -0.3 is 19.5 Å². The highest BCUT2D eigenvalue weighted by molar-refractivity contribution is 5.75. The number of methoxy groups -OCH3 is 3. The van der Waals surface area contributed by atoms with Crippen LogP contribution in [0.25, 0.3) is 0 Å². The van der Waals surface area contributed by atoms with Gasteiger partial charge in [-0.3, -0.25) is 9.69 Å². The first kappa shape index (κ1) is 23.9. The van der Waals surface area contributed by atoms with Gasteiger partial charge in [-0.25, -0.2) is 4.39 Å². The number of carbonyl (C=O) groups is 1. The molecular weight excluding hydrogens is 411 g/mol. The Balaban J connectivity index is 1.45. The van der Waals surface area contributed by atoms with Gasteiger partial charge in [0.1, 0.15) is 11.5 Å². The number of carbonyl (C=O) groups excluding carboxylic acids is 1. The van der Waals surface area contributed by atoms with Crippen LogP contribution in [-0.2, 0) is 17.9 Å². The van der Waals surface area contributed by atoms with Crippen LogP contribution in [0.2, 0.25) is 0 Å². The summed E-state index contributed by atoms with van der Waals surface area (Å²) in [7, 11) is 4.70. The molecule has 1 fully saturated rings. The summed E-state index contributed by atoms with van der Waals surface area (Å²) in [6.45, 7) is 3.14. The molecule has 1 saturated heterocycles. The van der Waals surface area contributed by atoms with Gasteiger partial charge in [-0.1, -0.05) is 6.07 Å². The molecule has 7 heteroatoms. The van der Waals surface area contributed by atoms with E-state index in [0.717, 1.165) is 55.8 Å².